The largest absolute Gasteiger partial charge is 0.481 e. The van der Waals surface area contributed by atoms with Crippen molar-refractivity contribution in [2.24, 2.45) is 0 Å². The number of aromatic nitrogens is 1. The zero-order valence-corrected chi connectivity index (χ0v) is 16.5. The van der Waals surface area contributed by atoms with Crippen LogP contribution in [0.2, 0.25) is 0 Å². The zero-order valence-electron chi connectivity index (χ0n) is 16.5. The maximum atomic E-state index is 11.5. The zero-order chi connectivity index (χ0) is 20.4. The molecule has 4 rings (SSSR count). The van der Waals surface area contributed by atoms with Crippen molar-refractivity contribution in [2.45, 2.75) is 44.4 Å². The number of unbranched alkanes of at least 4 members (excludes halogenated alkanes) is 1. The van der Waals surface area contributed by atoms with Crippen molar-refractivity contribution in [2.75, 3.05) is 6.61 Å². The molecule has 0 atom stereocenters. The van der Waals surface area contributed by atoms with Gasteiger partial charge in [0, 0.05) is 17.7 Å². The number of hydrogen-bond donors (Lipinski definition) is 2. The van der Waals surface area contributed by atoms with Crippen LogP contribution in [0.15, 0.2) is 53.1 Å². The number of nitrogens with zero attached hydrogens (tertiary/aromatic N) is 1. The Bertz CT molecular complexity index is 998. The monoisotopic (exact) mass is 391 g/mol. The lowest BCUT2D eigenvalue weighted by Gasteiger charge is -2.11. The molecule has 150 valence electrons. The first kappa shape index (κ1) is 19.4. The van der Waals surface area contributed by atoms with Crippen LogP contribution in [-0.4, -0.2) is 27.9 Å². The van der Waals surface area contributed by atoms with Gasteiger partial charge in [0.2, 0.25) is 0 Å². The normalized spacial score (nSPS) is 14.7. The average Bonchev–Trinajstić information content (AvgIpc) is 3.48. The van der Waals surface area contributed by atoms with E-state index in [1.54, 1.807) is 0 Å². The van der Waals surface area contributed by atoms with Crippen molar-refractivity contribution < 1.29 is 19.5 Å². The van der Waals surface area contributed by atoms with Gasteiger partial charge in [-0.3, -0.25) is 4.79 Å². The summed E-state index contributed by atoms with van der Waals surface area (Å²) in [5, 5.41) is 22.6. The quantitative estimate of drug-likeness (QED) is 0.542. The molecule has 5 heteroatoms. The van der Waals surface area contributed by atoms with Crippen molar-refractivity contribution in [3.8, 4) is 22.5 Å². The lowest BCUT2D eigenvalue weighted by Crippen LogP contribution is -2.19. The molecule has 1 aliphatic carbocycles. The number of hydrogen-bond acceptors (Lipinski definition) is 4. The molecule has 0 saturated heterocycles. The van der Waals surface area contributed by atoms with E-state index in [1.807, 2.05) is 55.5 Å². The molecule has 0 spiro atoms. The topological polar surface area (TPSA) is 83.6 Å². The average molecular weight is 391 g/mol. The number of carboxylic acids is 1. The Kier molecular flexibility index (Phi) is 5.24. The molecule has 0 unspecified atom stereocenters. The summed E-state index contributed by atoms with van der Waals surface area (Å²) < 4.78 is 5.57. The highest BCUT2D eigenvalue weighted by atomic mass is 16.5. The van der Waals surface area contributed by atoms with Crippen LogP contribution in [0, 0.1) is 6.92 Å². The van der Waals surface area contributed by atoms with E-state index in [0.29, 0.717) is 12.8 Å². The van der Waals surface area contributed by atoms with Crippen LogP contribution in [0.5, 0.6) is 0 Å². The number of benzene rings is 2. The third kappa shape index (κ3) is 3.70. The van der Waals surface area contributed by atoms with Crippen LogP contribution in [-0.2, 0) is 16.6 Å². The summed E-state index contributed by atoms with van der Waals surface area (Å²) in [6, 6.07) is 16.0. The van der Waals surface area contributed by atoms with Gasteiger partial charge in [0.25, 0.3) is 0 Å². The lowest BCUT2D eigenvalue weighted by atomic mass is 9.93. The van der Waals surface area contributed by atoms with Crippen molar-refractivity contribution in [3.05, 3.63) is 65.4 Å². The third-order valence-electron chi connectivity index (χ3n) is 5.90. The van der Waals surface area contributed by atoms with Crippen LogP contribution in [0.1, 0.15) is 42.5 Å². The lowest BCUT2D eigenvalue weighted by molar-refractivity contribution is -0.140. The van der Waals surface area contributed by atoms with E-state index in [1.165, 1.54) is 0 Å². The fourth-order valence-electron chi connectivity index (χ4n) is 3.87. The highest BCUT2D eigenvalue weighted by Crippen LogP contribution is 2.48. The fraction of sp³-hybridized carbons (Fsp3) is 0.333. The fourth-order valence-corrected chi connectivity index (χ4v) is 3.87. The highest BCUT2D eigenvalue weighted by molar-refractivity contribution is 5.85. The van der Waals surface area contributed by atoms with Crippen LogP contribution in [0.25, 0.3) is 22.5 Å². The van der Waals surface area contributed by atoms with Gasteiger partial charge in [-0.05, 0) is 55.7 Å². The molecule has 5 nitrogen and oxygen atoms in total. The first-order valence-corrected chi connectivity index (χ1v) is 10.1. The van der Waals surface area contributed by atoms with Crippen molar-refractivity contribution >= 4 is 5.97 Å². The molecule has 0 amide bonds. The second kappa shape index (κ2) is 7.84. The smallest absolute Gasteiger partial charge is 0.314 e. The first-order chi connectivity index (χ1) is 14.0. The van der Waals surface area contributed by atoms with Gasteiger partial charge in [0.05, 0.1) is 11.1 Å². The van der Waals surface area contributed by atoms with Gasteiger partial charge >= 0.3 is 5.97 Å². The number of aliphatic hydroxyl groups is 1. The minimum absolute atomic E-state index is 0.195. The third-order valence-corrected chi connectivity index (χ3v) is 5.90. The molecule has 29 heavy (non-hydrogen) atoms. The Balaban J connectivity index is 1.54. The summed E-state index contributed by atoms with van der Waals surface area (Å²) in [4.78, 5) is 11.5. The molecule has 0 bridgehead atoms. The Morgan fingerprint density at radius 3 is 2.14 bits per heavy atom. The number of carboxylic acid groups (broad SMARTS) is 1. The predicted molar refractivity (Wildman–Crippen MR) is 111 cm³/mol. The van der Waals surface area contributed by atoms with E-state index in [-0.39, 0.29) is 6.61 Å². The Morgan fingerprint density at radius 1 is 1.00 bits per heavy atom. The van der Waals surface area contributed by atoms with Gasteiger partial charge in [-0.2, -0.15) is 0 Å². The molecule has 2 N–H and O–H groups in total. The summed E-state index contributed by atoms with van der Waals surface area (Å²) >= 11 is 0. The van der Waals surface area contributed by atoms with Gasteiger partial charge in [0.15, 0.2) is 5.76 Å². The molecular weight excluding hydrogens is 366 g/mol. The molecule has 2 aromatic carbocycles. The molecule has 1 fully saturated rings. The van der Waals surface area contributed by atoms with E-state index < -0.39 is 11.4 Å². The van der Waals surface area contributed by atoms with Gasteiger partial charge in [-0.15, -0.1) is 0 Å². The summed E-state index contributed by atoms with van der Waals surface area (Å²) in [7, 11) is 0. The molecular formula is C24H25NO4. The number of rotatable bonds is 8. The summed E-state index contributed by atoms with van der Waals surface area (Å²) in [6.45, 7) is 2.14. The van der Waals surface area contributed by atoms with Gasteiger partial charge in [-0.25, -0.2) is 0 Å². The Labute approximate surface area is 170 Å². The number of aryl methyl sites for hydroxylation is 1. The molecule has 1 heterocycles. The summed E-state index contributed by atoms with van der Waals surface area (Å²) in [5.74, 6) is 0.0613. The van der Waals surface area contributed by atoms with E-state index >= 15 is 0 Å². The standard InChI is InChI=1S/C24H25NO4/c1-16-21(4-2-3-15-26)22(29-25-16)19-7-5-17(6-8-19)18-9-11-20(12-10-18)24(13-14-24)23(27)28/h5-12,26H,2-4,13-15H2,1H3,(H,27,28). The van der Waals surface area contributed by atoms with Crippen LogP contribution in [0.4, 0.5) is 0 Å². The predicted octanol–water partition coefficient (Wildman–Crippen LogP) is 4.75. The van der Waals surface area contributed by atoms with Crippen molar-refractivity contribution in [1.29, 1.82) is 0 Å². The van der Waals surface area contributed by atoms with Crippen molar-refractivity contribution in [1.82, 2.24) is 5.16 Å². The Hall–Kier alpha value is -2.92. The van der Waals surface area contributed by atoms with Gasteiger partial charge in [0.1, 0.15) is 0 Å². The molecule has 1 aromatic heterocycles. The molecule has 0 radical (unpaired) electrons. The first-order valence-electron chi connectivity index (χ1n) is 10.1. The summed E-state index contributed by atoms with van der Waals surface area (Å²) in [5.41, 5.74) is 5.31. The minimum Gasteiger partial charge on any atom is -0.481 e. The van der Waals surface area contributed by atoms with E-state index in [4.69, 9.17) is 9.63 Å². The molecule has 1 saturated carbocycles. The Morgan fingerprint density at radius 2 is 1.59 bits per heavy atom. The van der Waals surface area contributed by atoms with Crippen LogP contribution in [0.3, 0.4) is 0 Å². The second-order valence-corrected chi connectivity index (χ2v) is 7.80. The van der Waals surface area contributed by atoms with Crippen LogP contribution >= 0.6 is 0 Å². The van der Waals surface area contributed by atoms with Gasteiger partial charge < -0.3 is 14.7 Å². The van der Waals surface area contributed by atoms with Crippen molar-refractivity contribution in [3.63, 3.8) is 0 Å². The molecule has 3 aromatic rings. The molecule has 0 aliphatic heterocycles. The number of aliphatic carboxylic acids is 1. The van der Waals surface area contributed by atoms with Crippen LogP contribution < -0.4 is 0 Å². The van der Waals surface area contributed by atoms with E-state index in [2.05, 4.69) is 5.16 Å². The maximum absolute atomic E-state index is 11.5. The number of aliphatic hydroxyl groups excluding tert-OH is 1. The second-order valence-electron chi connectivity index (χ2n) is 7.80. The molecule has 1 aliphatic rings. The van der Waals surface area contributed by atoms with E-state index in [9.17, 15) is 9.90 Å². The summed E-state index contributed by atoms with van der Waals surface area (Å²) in [6.07, 6.45) is 3.93. The highest BCUT2D eigenvalue weighted by Gasteiger charge is 2.51. The van der Waals surface area contributed by atoms with E-state index in [0.717, 1.165) is 58.5 Å². The van der Waals surface area contributed by atoms with Gasteiger partial charge in [-0.1, -0.05) is 53.7 Å². The maximum Gasteiger partial charge on any atom is 0.314 e. The minimum atomic E-state index is -0.730. The number of carbonyl (C=O) groups is 1. The SMILES string of the molecule is Cc1noc(-c2ccc(-c3ccc(C4(C(=O)O)CC4)cc3)cc2)c1CCCCO.